The van der Waals surface area contributed by atoms with Crippen LogP contribution in [0, 0.1) is 18.3 Å². The van der Waals surface area contributed by atoms with Gasteiger partial charge in [-0.2, -0.15) is 10.4 Å². The van der Waals surface area contributed by atoms with E-state index in [9.17, 15) is 0 Å². The molecule has 2 aromatic rings. The Bertz CT molecular complexity index is 566. The summed E-state index contributed by atoms with van der Waals surface area (Å²) >= 11 is 0. The van der Waals surface area contributed by atoms with E-state index in [0.717, 1.165) is 23.3 Å². The Kier molecular flexibility index (Phi) is 3.90. The number of nitriles is 1. The fourth-order valence-electron chi connectivity index (χ4n) is 1.86. The molecule has 0 aliphatic carbocycles. The van der Waals surface area contributed by atoms with Crippen LogP contribution in [0.5, 0.6) is 0 Å². The highest BCUT2D eigenvalue weighted by atomic mass is 15.2. The second kappa shape index (κ2) is 5.61. The zero-order valence-corrected chi connectivity index (χ0v) is 10.7. The molecule has 2 aromatic heterocycles. The average molecular weight is 243 g/mol. The van der Waals surface area contributed by atoms with Gasteiger partial charge in [-0.25, -0.2) is 9.50 Å². The lowest BCUT2D eigenvalue weighted by Gasteiger charge is -2.13. The van der Waals surface area contributed by atoms with Crippen molar-refractivity contribution in [3.8, 4) is 6.07 Å². The Morgan fingerprint density at radius 2 is 2.39 bits per heavy atom. The van der Waals surface area contributed by atoms with E-state index < -0.39 is 0 Å². The van der Waals surface area contributed by atoms with Crippen LogP contribution in [-0.2, 0) is 6.54 Å². The largest absolute Gasteiger partial charge is 0.309 e. The standard InChI is InChI=1S/C13H17N5/c1-3-12(4-5-14)15-7-11-8-16-13-6-10(2)17-18(13)9-11/h6,8-9,12,15H,3-4,7H2,1-2H3. The molecule has 0 aromatic carbocycles. The third-order valence-corrected chi connectivity index (χ3v) is 2.91. The van der Waals surface area contributed by atoms with E-state index in [1.54, 1.807) is 4.52 Å². The third-order valence-electron chi connectivity index (χ3n) is 2.91. The van der Waals surface area contributed by atoms with Gasteiger partial charge >= 0.3 is 0 Å². The third kappa shape index (κ3) is 2.84. The fourth-order valence-corrected chi connectivity index (χ4v) is 1.86. The van der Waals surface area contributed by atoms with Crippen LogP contribution in [0.25, 0.3) is 5.65 Å². The minimum Gasteiger partial charge on any atom is -0.309 e. The maximum absolute atomic E-state index is 8.69. The summed E-state index contributed by atoms with van der Waals surface area (Å²) in [7, 11) is 0. The number of aryl methyl sites for hydroxylation is 1. The minimum absolute atomic E-state index is 0.241. The number of hydrogen-bond acceptors (Lipinski definition) is 4. The van der Waals surface area contributed by atoms with E-state index >= 15 is 0 Å². The first kappa shape index (κ1) is 12.5. The molecule has 1 unspecified atom stereocenters. The first-order valence-electron chi connectivity index (χ1n) is 6.14. The van der Waals surface area contributed by atoms with Gasteiger partial charge in [0.1, 0.15) is 0 Å². The predicted octanol–water partition coefficient (Wildman–Crippen LogP) is 1.82. The molecule has 18 heavy (non-hydrogen) atoms. The van der Waals surface area contributed by atoms with Gasteiger partial charge in [0.25, 0.3) is 0 Å². The molecule has 0 radical (unpaired) electrons. The summed E-state index contributed by atoms with van der Waals surface area (Å²) in [6, 6.07) is 4.38. The monoisotopic (exact) mass is 243 g/mol. The van der Waals surface area contributed by atoms with Crippen LogP contribution < -0.4 is 5.32 Å². The summed E-state index contributed by atoms with van der Waals surface area (Å²) in [4.78, 5) is 4.35. The highest BCUT2D eigenvalue weighted by Gasteiger charge is 2.06. The SMILES string of the molecule is CCC(CC#N)NCc1cnc2cc(C)nn2c1. The summed E-state index contributed by atoms with van der Waals surface area (Å²) < 4.78 is 1.79. The maximum Gasteiger partial charge on any atom is 0.155 e. The molecule has 0 spiro atoms. The predicted molar refractivity (Wildman–Crippen MR) is 68.9 cm³/mol. The molecule has 1 atom stereocenters. The number of hydrogen-bond donors (Lipinski definition) is 1. The van der Waals surface area contributed by atoms with Crippen molar-refractivity contribution < 1.29 is 0 Å². The van der Waals surface area contributed by atoms with Gasteiger partial charge in [-0.05, 0) is 13.3 Å². The maximum atomic E-state index is 8.69. The summed E-state index contributed by atoms with van der Waals surface area (Å²) in [5, 5.41) is 16.4. The van der Waals surface area contributed by atoms with E-state index in [4.69, 9.17) is 5.26 Å². The van der Waals surface area contributed by atoms with Gasteiger partial charge in [-0.15, -0.1) is 0 Å². The van der Waals surface area contributed by atoms with Crippen molar-refractivity contribution in [3.63, 3.8) is 0 Å². The molecular formula is C13H17N5. The average Bonchev–Trinajstić information content (AvgIpc) is 2.73. The van der Waals surface area contributed by atoms with Crippen LogP contribution in [0.4, 0.5) is 0 Å². The first-order chi connectivity index (χ1) is 8.72. The Labute approximate surface area is 106 Å². The van der Waals surface area contributed by atoms with Crippen molar-refractivity contribution in [3.05, 3.63) is 29.7 Å². The second-order valence-corrected chi connectivity index (χ2v) is 4.40. The number of rotatable bonds is 5. The van der Waals surface area contributed by atoms with Crippen molar-refractivity contribution in [2.45, 2.75) is 39.3 Å². The fraction of sp³-hybridized carbons (Fsp3) is 0.462. The number of nitrogens with one attached hydrogen (secondary N) is 1. The molecule has 0 fully saturated rings. The first-order valence-corrected chi connectivity index (χ1v) is 6.14. The van der Waals surface area contributed by atoms with Gasteiger partial charge in [0.15, 0.2) is 5.65 Å². The molecule has 5 nitrogen and oxygen atoms in total. The number of aromatic nitrogens is 3. The molecule has 1 N–H and O–H groups in total. The zero-order chi connectivity index (χ0) is 13.0. The molecule has 0 saturated heterocycles. The second-order valence-electron chi connectivity index (χ2n) is 4.40. The number of fused-ring (bicyclic) bond motifs is 1. The van der Waals surface area contributed by atoms with Gasteiger partial charge < -0.3 is 5.32 Å². The molecule has 0 aliphatic heterocycles. The van der Waals surface area contributed by atoms with Crippen LogP contribution in [0.3, 0.4) is 0 Å². The molecule has 0 bridgehead atoms. The van der Waals surface area contributed by atoms with E-state index in [1.165, 1.54) is 0 Å². The lowest BCUT2D eigenvalue weighted by Crippen LogP contribution is -2.27. The lowest BCUT2D eigenvalue weighted by molar-refractivity contribution is 0.503. The van der Waals surface area contributed by atoms with E-state index in [2.05, 4.69) is 28.4 Å². The molecule has 2 heterocycles. The van der Waals surface area contributed by atoms with Crippen molar-refractivity contribution >= 4 is 5.65 Å². The lowest BCUT2D eigenvalue weighted by atomic mass is 10.1. The van der Waals surface area contributed by atoms with Gasteiger partial charge in [0.2, 0.25) is 0 Å². The van der Waals surface area contributed by atoms with Gasteiger partial charge in [-0.1, -0.05) is 6.92 Å². The smallest absolute Gasteiger partial charge is 0.155 e. The highest BCUT2D eigenvalue weighted by Crippen LogP contribution is 2.05. The Morgan fingerprint density at radius 3 is 3.11 bits per heavy atom. The van der Waals surface area contributed by atoms with Crippen molar-refractivity contribution in [2.24, 2.45) is 0 Å². The van der Waals surface area contributed by atoms with E-state index in [1.807, 2.05) is 25.4 Å². The molecular weight excluding hydrogens is 226 g/mol. The Morgan fingerprint density at radius 1 is 1.56 bits per heavy atom. The number of nitrogens with zero attached hydrogens (tertiary/aromatic N) is 4. The van der Waals surface area contributed by atoms with E-state index in [0.29, 0.717) is 13.0 Å². The Hall–Kier alpha value is -1.93. The van der Waals surface area contributed by atoms with Crippen molar-refractivity contribution in [1.82, 2.24) is 19.9 Å². The summed E-state index contributed by atoms with van der Waals surface area (Å²) in [6.45, 7) is 4.74. The molecule has 2 rings (SSSR count). The van der Waals surface area contributed by atoms with Gasteiger partial charge in [0.05, 0.1) is 18.2 Å². The van der Waals surface area contributed by atoms with Crippen molar-refractivity contribution in [2.75, 3.05) is 0 Å². The van der Waals surface area contributed by atoms with Gasteiger partial charge in [-0.3, -0.25) is 0 Å². The molecule has 0 aliphatic rings. The summed E-state index contributed by atoms with van der Waals surface area (Å²) in [5.74, 6) is 0. The summed E-state index contributed by atoms with van der Waals surface area (Å²) in [6.07, 6.45) is 5.31. The minimum atomic E-state index is 0.241. The van der Waals surface area contributed by atoms with Crippen molar-refractivity contribution in [1.29, 1.82) is 5.26 Å². The zero-order valence-electron chi connectivity index (χ0n) is 10.7. The van der Waals surface area contributed by atoms with Crippen LogP contribution >= 0.6 is 0 Å². The topological polar surface area (TPSA) is 66.0 Å². The van der Waals surface area contributed by atoms with E-state index in [-0.39, 0.29) is 6.04 Å². The normalized spacial score (nSPS) is 12.5. The highest BCUT2D eigenvalue weighted by molar-refractivity contribution is 5.38. The molecule has 94 valence electrons. The quantitative estimate of drug-likeness (QED) is 0.870. The van der Waals surface area contributed by atoms with Crippen LogP contribution in [0.2, 0.25) is 0 Å². The van der Waals surface area contributed by atoms with Crippen LogP contribution in [-0.4, -0.2) is 20.6 Å². The Balaban J connectivity index is 2.05. The van der Waals surface area contributed by atoms with Crippen LogP contribution in [0.1, 0.15) is 31.0 Å². The summed E-state index contributed by atoms with van der Waals surface area (Å²) in [5.41, 5.74) is 2.89. The molecule has 0 amide bonds. The van der Waals surface area contributed by atoms with Gasteiger partial charge in [0, 0.05) is 36.6 Å². The molecule has 5 heteroatoms. The molecule has 0 saturated carbocycles. The van der Waals surface area contributed by atoms with Crippen LogP contribution in [0.15, 0.2) is 18.5 Å².